The highest BCUT2D eigenvalue weighted by Gasteiger charge is 2.37. The summed E-state index contributed by atoms with van der Waals surface area (Å²) in [6.07, 6.45) is 0. The van der Waals surface area contributed by atoms with Crippen LogP contribution in [0.1, 0.15) is 31.8 Å². The number of aliphatic hydroxyl groups is 2. The number of hydrogen-bond acceptors (Lipinski definition) is 10. The molecule has 3 rings (SSSR count). The second kappa shape index (κ2) is 8.23. The average molecular weight is 388 g/mol. The topological polar surface area (TPSA) is 163 Å². The third kappa shape index (κ3) is 3.37. The second-order valence-electron chi connectivity index (χ2n) is 5.95. The Balaban J connectivity index is 2.16. The van der Waals surface area contributed by atoms with Gasteiger partial charge in [-0.3, -0.25) is 20.2 Å². The zero-order valence-corrected chi connectivity index (χ0v) is 14.7. The lowest BCUT2D eigenvalue weighted by atomic mass is 9.81. The van der Waals surface area contributed by atoms with Gasteiger partial charge in [-0.25, -0.2) is 0 Å². The average Bonchev–Trinajstić information content (AvgIpc) is 2.68. The number of hydrogen-bond donors (Lipinski definition) is 8. The molecule has 0 unspecified atom stereocenters. The van der Waals surface area contributed by atoms with Gasteiger partial charge in [-0.15, -0.1) is 0 Å². The minimum Gasteiger partial charge on any atom is -0.507 e. The van der Waals surface area contributed by atoms with Crippen molar-refractivity contribution in [1.29, 1.82) is 0 Å². The maximum absolute atomic E-state index is 13.1. The Bertz CT molecular complexity index is 857. The molecule has 0 heterocycles. The number of anilines is 2. The highest BCUT2D eigenvalue weighted by atomic mass is 16.3. The van der Waals surface area contributed by atoms with Crippen LogP contribution in [0, 0.1) is 0 Å². The summed E-state index contributed by atoms with van der Waals surface area (Å²) in [7, 11) is 0. The van der Waals surface area contributed by atoms with E-state index in [1.807, 2.05) is 0 Å². The van der Waals surface area contributed by atoms with Crippen molar-refractivity contribution >= 4 is 22.9 Å². The lowest BCUT2D eigenvalue weighted by Crippen LogP contribution is -2.29. The van der Waals surface area contributed by atoms with Gasteiger partial charge in [0.15, 0.2) is 0 Å². The van der Waals surface area contributed by atoms with E-state index in [0.717, 1.165) is 12.1 Å². The van der Waals surface area contributed by atoms with Crippen LogP contribution in [0.5, 0.6) is 11.5 Å². The Morgan fingerprint density at radius 2 is 1.04 bits per heavy atom. The summed E-state index contributed by atoms with van der Waals surface area (Å²) < 4.78 is 0. The predicted octanol–water partition coefficient (Wildman–Crippen LogP) is -0.309. The molecular formula is C18H20N4O6. The van der Waals surface area contributed by atoms with Gasteiger partial charge >= 0.3 is 0 Å². The third-order valence-electron chi connectivity index (χ3n) is 4.31. The van der Waals surface area contributed by atoms with Crippen LogP contribution in [0.3, 0.4) is 0 Å². The molecule has 0 aromatic heterocycles. The number of phenols is 2. The number of benzene rings is 2. The molecule has 1 aliphatic rings. The van der Waals surface area contributed by atoms with Crippen molar-refractivity contribution in [3.05, 3.63) is 46.5 Å². The molecule has 0 aliphatic heterocycles. The van der Waals surface area contributed by atoms with E-state index in [1.54, 1.807) is 12.1 Å². The lowest BCUT2D eigenvalue weighted by Gasteiger charge is -2.25. The fourth-order valence-corrected chi connectivity index (χ4v) is 3.09. The number of rotatable bonds is 8. The number of carbonyl (C=O) groups excluding carboxylic acids is 2. The fraction of sp³-hybridized carbons (Fsp3) is 0.222. The quantitative estimate of drug-likeness (QED) is 0.146. The maximum atomic E-state index is 13.1. The van der Waals surface area contributed by atoms with Gasteiger partial charge in [-0.05, 0) is 24.3 Å². The van der Waals surface area contributed by atoms with Crippen molar-refractivity contribution in [2.45, 2.75) is 0 Å². The van der Waals surface area contributed by atoms with E-state index in [0.29, 0.717) is 11.4 Å². The highest BCUT2D eigenvalue weighted by molar-refractivity contribution is 6.33. The molecule has 0 atom stereocenters. The molecule has 0 saturated carbocycles. The van der Waals surface area contributed by atoms with E-state index in [4.69, 9.17) is 10.2 Å². The predicted molar refractivity (Wildman–Crippen MR) is 101 cm³/mol. The van der Waals surface area contributed by atoms with E-state index in [-0.39, 0.29) is 49.1 Å². The van der Waals surface area contributed by atoms with Gasteiger partial charge < -0.3 is 31.1 Å². The second-order valence-corrected chi connectivity index (χ2v) is 5.95. The van der Waals surface area contributed by atoms with Gasteiger partial charge in [0.25, 0.3) is 0 Å². The third-order valence-corrected chi connectivity index (χ3v) is 4.31. The Morgan fingerprint density at radius 1 is 0.643 bits per heavy atom. The van der Waals surface area contributed by atoms with Crippen molar-refractivity contribution in [2.75, 3.05) is 37.4 Å². The number of ketones is 2. The van der Waals surface area contributed by atoms with E-state index in [9.17, 15) is 19.8 Å². The summed E-state index contributed by atoms with van der Waals surface area (Å²) in [5.41, 5.74) is 0.189. The first kappa shape index (κ1) is 19.6. The van der Waals surface area contributed by atoms with Crippen LogP contribution in [-0.2, 0) is 0 Å². The van der Waals surface area contributed by atoms with Gasteiger partial charge in [0, 0.05) is 11.4 Å². The minimum atomic E-state index is -0.622. The number of aliphatic hydroxyl groups excluding tert-OH is 2. The number of aromatic hydroxyl groups is 2. The molecule has 10 nitrogen and oxygen atoms in total. The number of nitrogens with one attached hydrogen (secondary N) is 4. The van der Waals surface area contributed by atoms with Gasteiger partial charge in [0.2, 0.25) is 11.6 Å². The fourth-order valence-electron chi connectivity index (χ4n) is 3.09. The van der Waals surface area contributed by atoms with Crippen molar-refractivity contribution in [1.82, 2.24) is 10.6 Å². The van der Waals surface area contributed by atoms with Crippen LogP contribution < -0.4 is 21.3 Å². The molecule has 0 saturated heterocycles. The van der Waals surface area contributed by atoms with Crippen LogP contribution in [0.4, 0.5) is 11.4 Å². The van der Waals surface area contributed by atoms with Gasteiger partial charge in [-0.1, -0.05) is 0 Å². The first-order chi connectivity index (χ1) is 13.5. The molecule has 0 bridgehead atoms. The summed E-state index contributed by atoms with van der Waals surface area (Å²) in [6.45, 7) is -0.317. The molecular weight excluding hydrogens is 368 g/mol. The van der Waals surface area contributed by atoms with Gasteiger partial charge in [0.1, 0.15) is 11.5 Å². The molecule has 8 N–H and O–H groups in total. The van der Waals surface area contributed by atoms with Crippen LogP contribution >= 0.6 is 0 Å². The van der Waals surface area contributed by atoms with E-state index in [2.05, 4.69) is 21.3 Å². The molecule has 0 fully saturated rings. The summed E-state index contributed by atoms with van der Waals surface area (Å²) in [6, 6.07) is 5.46. The van der Waals surface area contributed by atoms with E-state index < -0.39 is 23.1 Å². The summed E-state index contributed by atoms with van der Waals surface area (Å²) in [4.78, 5) is 26.3. The smallest absolute Gasteiger partial charge is 0.200 e. The van der Waals surface area contributed by atoms with Crippen LogP contribution in [-0.4, -0.2) is 58.8 Å². The van der Waals surface area contributed by atoms with Crippen molar-refractivity contribution in [2.24, 2.45) is 0 Å². The van der Waals surface area contributed by atoms with Gasteiger partial charge in [0.05, 0.1) is 49.1 Å². The van der Waals surface area contributed by atoms with Crippen molar-refractivity contribution in [3.63, 3.8) is 0 Å². The maximum Gasteiger partial charge on any atom is 0.200 e. The summed E-state index contributed by atoms with van der Waals surface area (Å²) in [5, 5.41) is 49.1. The molecule has 148 valence electrons. The first-order valence-corrected chi connectivity index (χ1v) is 8.43. The Kier molecular flexibility index (Phi) is 5.76. The molecule has 2 aromatic carbocycles. The molecule has 0 spiro atoms. The highest BCUT2D eigenvalue weighted by Crippen LogP contribution is 2.42. The van der Waals surface area contributed by atoms with E-state index >= 15 is 0 Å². The van der Waals surface area contributed by atoms with Crippen LogP contribution in [0.2, 0.25) is 0 Å². The van der Waals surface area contributed by atoms with E-state index in [1.165, 1.54) is 0 Å². The van der Waals surface area contributed by atoms with Gasteiger partial charge in [-0.2, -0.15) is 0 Å². The number of carbonyl (C=O) groups is 2. The molecule has 2 aromatic rings. The Morgan fingerprint density at radius 3 is 1.39 bits per heavy atom. The molecule has 28 heavy (non-hydrogen) atoms. The number of fused-ring (bicyclic) bond motifs is 2. The Hall–Kier alpha value is -3.18. The number of phenolic OH excluding ortho intramolecular Hbond substituents is 2. The van der Waals surface area contributed by atoms with Crippen LogP contribution in [0.25, 0.3) is 0 Å². The summed E-state index contributed by atoms with van der Waals surface area (Å²) >= 11 is 0. The molecule has 0 radical (unpaired) electrons. The monoisotopic (exact) mass is 388 g/mol. The SMILES string of the molecule is O=C1c2c(O)ccc(O)c2C(=O)c2c(NCNCO)ccc(NCNCO)c21. The summed E-state index contributed by atoms with van der Waals surface area (Å²) in [5.74, 6) is -2.06. The zero-order chi connectivity index (χ0) is 20.3. The normalized spacial score (nSPS) is 12.5. The first-order valence-electron chi connectivity index (χ1n) is 8.43. The largest absolute Gasteiger partial charge is 0.507 e. The lowest BCUT2D eigenvalue weighted by molar-refractivity contribution is 0.0975. The zero-order valence-electron chi connectivity index (χ0n) is 14.7. The minimum absolute atomic E-state index is 0.0344. The van der Waals surface area contributed by atoms with Crippen molar-refractivity contribution < 1.29 is 30.0 Å². The Labute approximate surface area is 159 Å². The van der Waals surface area contributed by atoms with Crippen LogP contribution in [0.15, 0.2) is 24.3 Å². The van der Waals surface area contributed by atoms with Crippen molar-refractivity contribution in [3.8, 4) is 11.5 Å². The molecule has 10 heteroatoms. The standard InChI is InChI=1S/C18H20N4O6/c23-7-19-5-21-9-1-2-10(22-6-20-8-24)14-13(9)17(27)15-11(25)3-4-12(26)16(15)18(14)28/h1-4,19-26H,5-8H2. The molecule has 1 aliphatic carbocycles. The molecule has 0 amide bonds.